The molecular formula is C16H20N4O. The summed E-state index contributed by atoms with van der Waals surface area (Å²) in [5, 5.41) is 4.45. The van der Waals surface area contributed by atoms with E-state index in [2.05, 4.69) is 21.0 Å². The van der Waals surface area contributed by atoms with E-state index < -0.39 is 0 Å². The van der Waals surface area contributed by atoms with E-state index in [1.54, 1.807) is 10.7 Å². The van der Waals surface area contributed by atoms with Crippen molar-refractivity contribution in [2.24, 2.45) is 0 Å². The number of aromatic nitrogens is 3. The molecule has 0 N–H and O–H groups in total. The first-order valence-corrected chi connectivity index (χ1v) is 7.48. The van der Waals surface area contributed by atoms with Crippen LogP contribution in [0.4, 0.5) is 0 Å². The van der Waals surface area contributed by atoms with Crippen LogP contribution in [0, 0.1) is 0 Å². The molecule has 0 saturated carbocycles. The third-order valence-electron chi connectivity index (χ3n) is 3.93. The van der Waals surface area contributed by atoms with Gasteiger partial charge in [-0.1, -0.05) is 6.07 Å². The lowest BCUT2D eigenvalue weighted by Gasteiger charge is -2.28. The molecule has 0 amide bonds. The molecule has 0 bridgehead atoms. The van der Waals surface area contributed by atoms with Crippen LogP contribution in [-0.4, -0.2) is 32.8 Å². The molecule has 1 aliphatic heterocycles. The highest BCUT2D eigenvalue weighted by Gasteiger charge is 2.18. The predicted octanol–water partition coefficient (Wildman–Crippen LogP) is 1.26. The van der Waals surface area contributed by atoms with Crippen LogP contribution >= 0.6 is 0 Å². The molecule has 0 unspecified atom stereocenters. The second-order valence-electron chi connectivity index (χ2n) is 5.37. The van der Waals surface area contributed by atoms with E-state index in [1.165, 1.54) is 0 Å². The van der Waals surface area contributed by atoms with Crippen LogP contribution < -0.4 is 5.56 Å². The molecule has 5 heteroatoms. The molecule has 110 valence electrons. The lowest BCUT2D eigenvalue weighted by Crippen LogP contribution is -2.35. The maximum absolute atomic E-state index is 11.9. The van der Waals surface area contributed by atoms with E-state index in [9.17, 15) is 4.79 Å². The fourth-order valence-electron chi connectivity index (χ4n) is 2.73. The van der Waals surface area contributed by atoms with Crippen LogP contribution in [0.2, 0.25) is 0 Å². The van der Waals surface area contributed by atoms with Gasteiger partial charge in [-0.15, -0.1) is 0 Å². The zero-order valence-corrected chi connectivity index (χ0v) is 12.3. The Morgan fingerprint density at radius 3 is 3.00 bits per heavy atom. The average molecular weight is 284 g/mol. The van der Waals surface area contributed by atoms with Gasteiger partial charge < -0.3 is 0 Å². The maximum Gasteiger partial charge on any atom is 0.267 e. The van der Waals surface area contributed by atoms with Crippen molar-refractivity contribution >= 4 is 0 Å². The summed E-state index contributed by atoms with van der Waals surface area (Å²) in [6.45, 7) is 5.36. The molecule has 21 heavy (non-hydrogen) atoms. The van der Waals surface area contributed by atoms with Gasteiger partial charge in [0.25, 0.3) is 5.56 Å². The summed E-state index contributed by atoms with van der Waals surface area (Å²) >= 11 is 0. The fourth-order valence-corrected chi connectivity index (χ4v) is 2.73. The predicted molar refractivity (Wildman–Crippen MR) is 81.1 cm³/mol. The second-order valence-corrected chi connectivity index (χ2v) is 5.37. The highest BCUT2D eigenvalue weighted by atomic mass is 16.1. The molecule has 0 radical (unpaired) electrons. The molecule has 0 saturated heterocycles. The Morgan fingerprint density at radius 1 is 1.33 bits per heavy atom. The molecule has 3 rings (SSSR count). The minimum absolute atomic E-state index is 0.00262. The minimum atomic E-state index is 0.00262. The number of aryl methyl sites for hydroxylation is 1. The van der Waals surface area contributed by atoms with Crippen LogP contribution in [-0.2, 0) is 25.9 Å². The van der Waals surface area contributed by atoms with Gasteiger partial charge >= 0.3 is 0 Å². The summed E-state index contributed by atoms with van der Waals surface area (Å²) in [6.07, 6.45) is 3.69. The quantitative estimate of drug-likeness (QED) is 0.848. The van der Waals surface area contributed by atoms with Crippen molar-refractivity contribution in [1.29, 1.82) is 0 Å². The lowest BCUT2D eigenvalue weighted by molar-refractivity contribution is 0.252. The molecule has 1 aliphatic rings. The highest BCUT2D eigenvalue weighted by Crippen LogP contribution is 2.15. The fraction of sp³-hybridized carbons (Fsp3) is 0.438. The highest BCUT2D eigenvalue weighted by molar-refractivity contribution is 5.20. The molecule has 0 aliphatic carbocycles. The van der Waals surface area contributed by atoms with Crippen LogP contribution in [0.15, 0.2) is 35.3 Å². The molecular weight excluding hydrogens is 264 g/mol. The Balaban J connectivity index is 1.67. The Morgan fingerprint density at radius 2 is 2.24 bits per heavy atom. The van der Waals surface area contributed by atoms with Crippen LogP contribution in [0.3, 0.4) is 0 Å². The number of pyridine rings is 1. The van der Waals surface area contributed by atoms with Gasteiger partial charge in [-0.2, -0.15) is 5.10 Å². The molecule has 2 aromatic heterocycles. The first-order chi connectivity index (χ1) is 10.3. The first-order valence-electron chi connectivity index (χ1n) is 7.48. The van der Waals surface area contributed by atoms with Gasteiger partial charge in [0.05, 0.1) is 5.69 Å². The Bertz CT molecular complexity index is 666. The van der Waals surface area contributed by atoms with Crippen molar-refractivity contribution in [1.82, 2.24) is 19.7 Å². The van der Waals surface area contributed by atoms with Gasteiger partial charge in [-0.3, -0.25) is 14.7 Å². The van der Waals surface area contributed by atoms with Crippen molar-refractivity contribution in [3.63, 3.8) is 0 Å². The van der Waals surface area contributed by atoms with Crippen molar-refractivity contribution < 1.29 is 0 Å². The van der Waals surface area contributed by atoms with Crippen molar-refractivity contribution in [3.8, 4) is 0 Å². The SMILES string of the molecule is CCn1nc2c(cc1=O)CN(CCc1ccccn1)CC2. The molecule has 0 fully saturated rings. The Labute approximate surface area is 124 Å². The number of fused-ring (bicyclic) bond motifs is 1. The van der Waals surface area contributed by atoms with Crippen LogP contribution in [0.25, 0.3) is 0 Å². The lowest BCUT2D eigenvalue weighted by atomic mass is 10.1. The molecule has 2 aromatic rings. The summed E-state index contributed by atoms with van der Waals surface area (Å²) < 4.78 is 1.54. The number of hydrogen-bond donors (Lipinski definition) is 0. The van der Waals surface area contributed by atoms with E-state index >= 15 is 0 Å². The van der Waals surface area contributed by atoms with Gasteiger partial charge in [-0.05, 0) is 24.6 Å². The van der Waals surface area contributed by atoms with E-state index in [1.807, 2.05) is 25.3 Å². The first kappa shape index (κ1) is 13.9. The minimum Gasteiger partial charge on any atom is -0.298 e. The summed E-state index contributed by atoms with van der Waals surface area (Å²) in [6, 6.07) is 7.76. The summed E-state index contributed by atoms with van der Waals surface area (Å²) in [5.41, 5.74) is 3.27. The monoisotopic (exact) mass is 284 g/mol. The van der Waals surface area contributed by atoms with Gasteiger partial charge in [0.2, 0.25) is 0 Å². The maximum atomic E-state index is 11.9. The van der Waals surface area contributed by atoms with E-state index in [0.717, 1.165) is 49.4 Å². The molecule has 0 atom stereocenters. The van der Waals surface area contributed by atoms with Crippen LogP contribution in [0.5, 0.6) is 0 Å². The number of rotatable bonds is 4. The molecule has 3 heterocycles. The smallest absolute Gasteiger partial charge is 0.267 e. The van der Waals surface area contributed by atoms with Gasteiger partial charge in [-0.25, -0.2) is 4.68 Å². The van der Waals surface area contributed by atoms with Gasteiger partial charge in [0.15, 0.2) is 0 Å². The Kier molecular flexibility index (Phi) is 4.10. The van der Waals surface area contributed by atoms with Crippen molar-refractivity contribution in [2.75, 3.05) is 13.1 Å². The molecule has 5 nitrogen and oxygen atoms in total. The zero-order valence-electron chi connectivity index (χ0n) is 12.3. The normalized spacial score (nSPS) is 14.9. The summed E-state index contributed by atoms with van der Waals surface area (Å²) in [5.74, 6) is 0. The average Bonchev–Trinajstić information content (AvgIpc) is 2.53. The molecule has 0 aromatic carbocycles. The summed E-state index contributed by atoms with van der Waals surface area (Å²) in [4.78, 5) is 18.6. The van der Waals surface area contributed by atoms with Crippen LogP contribution in [0.1, 0.15) is 23.9 Å². The largest absolute Gasteiger partial charge is 0.298 e. The second kappa shape index (κ2) is 6.18. The van der Waals surface area contributed by atoms with Gasteiger partial charge in [0, 0.05) is 57.0 Å². The van der Waals surface area contributed by atoms with E-state index in [-0.39, 0.29) is 5.56 Å². The third-order valence-corrected chi connectivity index (χ3v) is 3.93. The number of hydrogen-bond acceptors (Lipinski definition) is 4. The van der Waals surface area contributed by atoms with Crippen molar-refractivity contribution in [2.45, 2.75) is 32.9 Å². The molecule has 0 spiro atoms. The number of nitrogens with zero attached hydrogens (tertiary/aromatic N) is 4. The van der Waals surface area contributed by atoms with E-state index in [0.29, 0.717) is 6.54 Å². The Hall–Kier alpha value is -2.01. The topological polar surface area (TPSA) is 51.0 Å². The van der Waals surface area contributed by atoms with Gasteiger partial charge in [0.1, 0.15) is 0 Å². The van der Waals surface area contributed by atoms with Crippen molar-refractivity contribution in [3.05, 3.63) is 57.8 Å². The standard InChI is InChI=1S/C16H20N4O/c1-2-20-16(21)11-13-12-19(10-7-15(13)18-20)9-6-14-5-3-4-8-17-14/h3-5,8,11H,2,6-7,9-10,12H2,1H3. The third kappa shape index (κ3) is 3.19. The zero-order chi connectivity index (χ0) is 14.7. The summed E-state index contributed by atoms with van der Waals surface area (Å²) in [7, 11) is 0. The van der Waals surface area contributed by atoms with E-state index in [4.69, 9.17) is 0 Å².